The van der Waals surface area contributed by atoms with E-state index in [1.807, 2.05) is 0 Å². The van der Waals surface area contributed by atoms with Crippen LogP contribution in [-0.4, -0.2) is 30.2 Å². The fourth-order valence-electron chi connectivity index (χ4n) is 1.12. The van der Waals surface area contributed by atoms with E-state index in [0.717, 1.165) is 18.2 Å². The molecule has 0 aromatic heterocycles. The molecule has 1 aromatic rings. The molecule has 1 aromatic carbocycles. The van der Waals surface area contributed by atoms with Crippen LogP contribution in [0.15, 0.2) is 18.2 Å². The van der Waals surface area contributed by atoms with E-state index in [0.29, 0.717) is 0 Å². The molecule has 0 heterocycles. The van der Waals surface area contributed by atoms with E-state index in [2.05, 4.69) is 0 Å². The molecule has 98 valence electrons. The summed E-state index contributed by atoms with van der Waals surface area (Å²) in [6.07, 6.45) is 0. The van der Waals surface area contributed by atoms with Crippen LogP contribution in [0.1, 0.15) is 0 Å². The SMILES string of the molecule is O=C(O)CS(=O)(=O)Nc1c(F)cccc1[N+](=O)[O-]. The number of halogens is 1. The minimum absolute atomic E-state index is 0.802. The van der Waals surface area contributed by atoms with Crippen molar-refractivity contribution in [3.05, 3.63) is 34.1 Å². The first-order valence-corrected chi connectivity index (χ1v) is 6.03. The maximum absolute atomic E-state index is 13.3. The number of sulfonamides is 1. The summed E-state index contributed by atoms with van der Waals surface area (Å²) in [5.41, 5.74) is -1.69. The van der Waals surface area contributed by atoms with Gasteiger partial charge in [0.25, 0.3) is 5.69 Å². The lowest BCUT2D eigenvalue weighted by molar-refractivity contribution is -0.384. The smallest absolute Gasteiger partial charge is 0.320 e. The fraction of sp³-hybridized carbons (Fsp3) is 0.125. The second kappa shape index (κ2) is 4.96. The Labute approximate surface area is 100 Å². The number of nitrogens with one attached hydrogen (secondary N) is 1. The maximum atomic E-state index is 13.3. The minimum atomic E-state index is -4.41. The molecule has 0 saturated carbocycles. The Morgan fingerprint density at radius 3 is 2.61 bits per heavy atom. The van der Waals surface area contributed by atoms with Crippen LogP contribution in [0.3, 0.4) is 0 Å². The lowest BCUT2D eigenvalue weighted by Gasteiger charge is -2.07. The molecule has 0 fully saturated rings. The molecule has 0 atom stereocenters. The van der Waals surface area contributed by atoms with Crippen LogP contribution < -0.4 is 4.72 Å². The molecule has 0 unspecified atom stereocenters. The fourth-order valence-corrected chi connectivity index (χ4v) is 2.03. The van der Waals surface area contributed by atoms with Gasteiger partial charge in [-0.3, -0.25) is 19.6 Å². The van der Waals surface area contributed by atoms with Gasteiger partial charge in [-0.15, -0.1) is 0 Å². The van der Waals surface area contributed by atoms with Crippen molar-refractivity contribution in [1.29, 1.82) is 0 Å². The second-order valence-electron chi connectivity index (χ2n) is 3.15. The topological polar surface area (TPSA) is 127 Å². The number of hydrogen-bond donors (Lipinski definition) is 2. The van der Waals surface area contributed by atoms with Crippen LogP contribution in [0.5, 0.6) is 0 Å². The number of carboxylic acids is 1. The molecule has 0 radical (unpaired) electrons. The highest BCUT2D eigenvalue weighted by Crippen LogP contribution is 2.27. The number of nitrogens with zero attached hydrogens (tertiary/aromatic N) is 1. The summed E-state index contributed by atoms with van der Waals surface area (Å²) in [7, 11) is -4.41. The summed E-state index contributed by atoms with van der Waals surface area (Å²) in [6.45, 7) is 0. The lowest BCUT2D eigenvalue weighted by atomic mass is 10.2. The lowest BCUT2D eigenvalue weighted by Crippen LogP contribution is -2.23. The van der Waals surface area contributed by atoms with Crippen molar-refractivity contribution in [2.75, 3.05) is 10.5 Å². The van der Waals surface area contributed by atoms with Crippen LogP contribution in [0.25, 0.3) is 0 Å². The Kier molecular flexibility index (Phi) is 3.81. The number of carbonyl (C=O) groups is 1. The molecule has 0 amide bonds. The molecule has 1 rings (SSSR count). The average molecular weight is 278 g/mol. The zero-order valence-electron chi connectivity index (χ0n) is 8.66. The molecule has 0 bridgehead atoms. The van der Waals surface area contributed by atoms with Gasteiger partial charge >= 0.3 is 5.97 Å². The summed E-state index contributed by atoms with van der Waals surface area (Å²) in [6, 6.07) is 2.73. The summed E-state index contributed by atoms with van der Waals surface area (Å²) >= 11 is 0. The number of nitro benzene ring substituents is 1. The minimum Gasteiger partial charge on any atom is -0.480 e. The molecular formula is C8H7FN2O6S. The number of aliphatic carboxylic acids is 1. The Morgan fingerprint density at radius 2 is 2.11 bits per heavy atom. The Hall–Kier alpha value is -2.23. The maximum Gasteiger partial charge on any atom is 0.320 e. The highest BCUT2D eigenvalue weighted by atomic mass is 32.2. The Bertz CT molecular complexity index is 600. The van der Waals surface area contributed by atoms with Gasteiger partial charge < -0.3 is 5.11 Å². The number of para-hydroxylation sites is 1. The van der Waals surface area contributed by atoms with Crippen molar-refractivity contribution in [2.45, 2.75) is 0 Å². The number of carboxylic acid groups (broad SMARTS) is 1. The van der Waals surface area contributed by atoms with Gasteiger partial charge in [-0.1, -0.05) is 6.07 Å². The third-order valence-corrected chi connectivity index (χ3v) is 2.90. The number of rotatable bonds is 5. The van der Waals surface area contributed by atoms with Crippen LogP contribution in [0.2, 0.25) is 0 Å². The molecule has 10 heteroatoms. The first kappa shape index (κ1) is 13.8. The first-order valence-electron chi connectivity index (χ1n) is 4.38. The summed E-state index contributed by atoms with van der Waals surface area (Å²) in [5, 5.41) is 18.9. The van der Waals surface area contributed by atoms with E-state index in [1.165, 1.54) is 0 Å². The summed E-state index contributed by atoms with van der Waals surface area (Å²) in [5.74, 6) is -4.15. The highest BCUT2D eigenvalue weighted by Gasteiger charge is 2.24. The van der Waals surface area contributed by atoms with Crippen LogP contribution in [0, 0.1) is 15.9 Å². The van der Waals surface area contributed by atoms with Crippen molar-refractivity contribution < 1.29 is 27.6 Å². The van der Waals surface area contributed by atoms with Crippen molar-refractivity contribution in [2.24, 2.45) is 0 Å². The third-order valence-electron chi connectivity index (χ3n) is 1.76. The normalized spacial score (nSPS) is 10.9. The molecule has 0 spiro atoms. The zero-order valence-corrected chi connectivity index (χ0v) is 9.48. The Morgan fingerprint density at radius 1 is 1.50 bits per heavy atom. The largest absolute Gasteiger partial charge is 0.480 e. The van der Waals surface area contributed by atoms with E-state index < -0.39 is 43.9 Å². The predicted molar refractivity (Wildman–Crippen MR) is 58.1 cm³/mol. The van der Waals surface area contributed by atoms with Crippen LogP contribution >= 0.6 is 0 Å². The van der Waals surface area contributed by atoms with Crippen molar-refractivity contribution in [3.63, 3.8) is 0 Å². The number of nitro groups is 1. The number of benzene rings is 1. The van der Waals surface area contributed by atoms with Gasteiger partial charge in [-0.2, -0.15) is 0 Å². The van der Waals surface area contributed by atoms with Crippen molar-refractivity contribution in [3.8, 4) is 0 Å². The van der Waals surface area contributed by atoms with E-state index >= 15 is 0 Å². The average Bonchev–Trinajstić information content (AvgIpc) is 2.18. The molecule has 0 aliphatic rings. The van der Waals surface area contributed by atoms with Gasteiger partial charge in [-0.05, 0) is 6.07 Å². The molecule has 0 aliphatic heterocycles. The van der Waals surface area contributed by atoms with Crippen molar-refractivity contribution in [1.82, 2.24) is 0 Å². The van der Waals surface area contributed by atoms with E-state index in [9.17, 15) is 27.7 Å². The standard InChI is InChI=1S/C8H7FN2O6S/c9-5-2-1-3-6(11(14)15)8(5)10-18(16,17)4-7(12)13/h1-3,10H,4H2,(H,12,13). The van der Waals surface area contributed by atoms with E-state index in [-0.39, 0.29) is 0 Å². The number of hydrogen-bond acceptors (Lipinski definition) is 5. The quantitative estimate of drug-likeness (QED) is 0.598. The predicted octanol–water partition coefficient (Wildman–Crippen LogP) is 0.560. The molecule has 0 saturated heterocycles. The zero-order chi connectivity index (χ0) is 13.9. The molecule has 2 N–H and O–H groups in total. The molecular weight excluding hydrogens is 271 g/mol. The monoisotopic (exact) mass is 278 g/mol. The van der Waals surface area contributed by atoms with Gasteiger partial charge in [0.2, 0.25) is 10.0 Å². The molecule has 0 aliphatic carbocycles. The van der Waals surface area contributed by atoms with Crippen LogP contribution in [0.4, 0.5) is 15.8 Å². The second-order valence-corrected chi connectivity index (χ2v) is 4.87. The molecule has 18 heavy (non-hydrogen) atoms. The number of anilines is 1. The van der Waals surface area contributed by atoms with Crippen LogP contribution in [-0.2, 0) is 14.8 Å². The summed E-state index contributed by atoms with van der Waals surface area (Å²) < 4.78 is 37.4. The van der Waals surface area contributed by atoms with E-state index in [1.54, 1.807) is 4.72 Å². The van der Waals surface area contributed by atoms with Gasteiger partial charge in [0.05, 0.1) is 4.92 Å². The highest BCUT2D eigenvalue weighted by molar-refractivity contribution is 7.93. The van der Waals surface area contributed by atoms with E-state index in [4.69, 9.17) is 5.11 Å². The van der Waals surface area contributed by atoms with Crippen molar-refractivity contribution >= 4 is 27.4 Å². The van der Waals surface area contributed by atoms with Gasteiger partial charge in [0.15, 0.2) is 17.3 Å². The third kappa shape index (κ3) is 3.38. The Balaban J connectivity index is 3.19. The van der Waals surface area contributed by atoms with Gasteiger partial charge in [-0.25, -0.2) is 12.8 Å². The summed E-state index contributed by atoms with van der Waals surface area (Å²) in [4.78, 5) is 19.8. The van der Waals surface area contributed by atoms with Gasteiger partial charge in [0, 0.05) is 6.07 Å². The first-order chi connectivity index (χ1) is 8.23. The molecule has 8 nitrogen and oxygen atoms in total. The van der Waals surface area contributed by atoms with Gasteiger partial charge in [0.1, 0.15) is 0 Å².